The Morgan fingerprint density at radius 1 is 1.31 bits per heavy atom. The van der Waals surface area contributed by atoms with Crippen LogP contribution in [-0.4, -0.2) is 13.7 Å². The molecule has 2 nitrogen and oxygen atoms in total. The SMILES string of the molecule is COc1ccc2c(c1)CC(C(C)(C)CN)C2. The number of ether oxygens (including phenoxy) is 1. The van der Waals surface area contributed by atoms with Crippen molar-refractivity contribution in [2.75, 3.05) is 13.7 Å². The van der Waals surface area contributed by atoms with Crippen LogP contribution < -0.4 is 10.5 Å². The van der Waals surface area contributed by atoms with E-state index in [9.17, 15) is 0 Å². The smallest absolute Gasteiger partial charge is 0.119 e. The Morgan fingerprint density at radius 2 is 2.00 bits per heavy atom. The average molecular weight is 219 g/mol. The monoisotopic (exact) mass is 219 g/mol. The van der Waals surface area contributed by atoms with Gasteiger partial charge in [0.2, 0.25) is 0 Å². The molecule has 0 heterocycles. The molecule has 0 aromatic heterocycles. The van der Waals surface area contributed by atoms with E-state index in [4.69, 9.17) is 10.5 Å². The molecule has 0 radical (unpaired) electrons. The molecule has 0 amide bonds. The third-order valence-corrected chi connectivity index (χ3v) is 3.98. The molecule has 0 bridgehead atoms. The van der Waals surface area contributed by atoms with Crippen molar-refractivity contribution in [1.82, 2.24) is 0 Å². The second-order valence-electron chi connectivity index (χ2n) is 5.43. The van der Waals surface area contributed by atoms with Crippen molar-refractivity contribution in [2.24, 2.45) is 17.1 Å². The van der Waals surface area contributed by atoms with Gasteiger partial charge in [0.1, 0.15) is 5.75 Å². The van der Waals surface area contributed by atoms with Crippen molar-refractivity contribution in [3.63, 3.8) is 0 Å². The molecule has 0 aliphatic heterocycles. The van der Waals surface area contributed by atoms with E-state index < -0.39 is 0 Å². The second-order valence-corrected chi connectivity index (χ2v) is 5.43. The van der Waals surface area contributed by atoms with E-state index >= 15 is 0 Å². The van der Waals surface area contributed by atoms with Crippen LogP contribution in [0, 0.1) is 11.3 Å². The molecule has 16 heavy (non-hydrogen) atoms. The minimum absolute atomic E-state index is 0.228. The molecule has 2 N–H and O–H groups in total. The normalized spacial score (nSPS) is 19.6. The van der Waals surface area contributed by atoms with E-state index in [0.717, 1.165) is 25.1 Å². The van der Waals surface area contributed by atoms with Gasteiger partial charge in [-0.3, -0.25) is 0 Å². The van der Waals surface area contributed by atoms with Crippen LogP contribution in [-0.2, 0) is 12.8 Å². The summed E-state index contributed by atoms with van der Waals surface area (Å²) in [5, 5.41) is 0. The lowest BCUT2D eigenvalue weighted by atomic mass is 9.77. The van der Waals surface area contributed by atoms with Crippen molar-refractivity contribution < 1.29 is 4.74 Å². The molecule has 0 saturated heterocycles. The summed E-state index contributed by atoms with van der Waals surface area (Å²) >= 11 is 0. The maximum absolute atomic E-state index is 5.85. The first kappa shape index (κ1) is 11.5. The maximum Gasteiger partial charge on any atom is 0.119 e. The van der Waals surface area contributed by atoms with Gasteiger partial charge in [0.05, 0.1) is 7.11 Å². The van der Waals surface area contributed by atoms with Crippen LogP contribution >= 0.6 is 0 Å². The van der Waals surface area contributed by atoms with Crippen LogP contribution in [0.2, 0.25) is 0 Å². The Morgan fingerprint density at radius 3 is 2.62 bits per heavy atom. The second kappa shape index (κ2) is 4.10. The lowest BCUT2D eigenvalue weighted by molar-refractivity contribution is 0.231. The number of nitrogens with two attached hydrogens (primary N) is 1. The van der Waals surface area contributed by atoms with Gasteiger partial charge in [0, 0.05) is 0 Å². The molecule has 1 aromatic rings. The van der Waals surface area contributed by atoms with Crippen LogP contribution in [0.4, 0.5) is 0 Å². The zero-order valence-electron chi connectivity index (χ0n) is 10.4. The number of rotatable bonds is 3. The summed E-state index contributed by atoms with van der Waals surface area (Å²) in [4.78, 5) is 0. The Balaban J connectivity index is 2.21. The summed E-state index contributed by atoms with van der Waals surface area (Å²) in [7, 11) is 1.72. The highest BCUT2D eigenvalue weighted by molar-refractivity contribution is 5.39. The highest BCUT2D eigenvalue weighted by Crippen LogP contribution is 2.39. The molecule has 1 atom stereocenters. The minimum atomic E-state index is 0.228. The summed E-state index contributed by atoms with van der Waals surface area (Å²) in [5.41, 5.74) is 8.98. The fraction of sp³-hybridized carbons (Fsp3) is 0.571. The molecule has 2 rings (SSSR count). The fourth-order valence-electron chi connectivity index (χ4n) is 2.44. The van der Waals surface area contributed by atoms with Crippen LogP contribution in [0.5, 0.6) is 5.75 Å². The van der Waals surface area contributed by atoms with Crippen LogP contribution in [0.25, 0.3) is 0 Å². The Labute approximate surface area is 97.8 Å². The first-order valence-electron chi connectivity index (χ1n) is 5.92. The van der Waals surface area contributed by atoms with Crippen molar-refractivity contribution in [2.45, 2.75) is 26.7 Å². The zero-order valence-corrected chi connectivity index (χ0v) is 10.4. The predicted molar refractivity (Wildman–Crippen MR) is 66.7 cm³/mol. The average Bonchev–Trinajstić information content (AvgIpc) is 2.72. The molecule has 2 heteroatoms. The van der Waals surface area contributed by atoms with Gasteiger partial charge in [-0.1, -0.05) is 19.9 Å². The minimum Gasteiger partial charge on any atom is -0.497 e. The number of hydrogen-bond donors (Lipinski definition) is 1. The number of benzene rings is 1. The molecule has 0 spiro atoms. The molecule has 1 aliphatic carbocycles. The van der Waals surface area contributed by atoms with Gasteiger partial charge < -0.3 is 10.5 Å². The summed E-state index contributed by atoms with van der Waals surface area (Å²) in [5.74, 6) is 1.63. The first-order chi connectivity index (χ1) is 7.56. The van der Waals surface area contributed by atoms with Gasteiger partial charge >= 0.3 is 0 Å². The van der Waals surface area contributed by atoms with Crippen molar-refractivity contribution in [1.29, 1.82) is 0 Å². The van der Waals surface area contributed by atoms with Crippen molar-refractivity contribution >= 4 is 0 Å². The van der Waals surface area contributed by atoms with Crippen molar-refractivity contribution in [3.05, 3.63) is 29.3 Å². The number of methoxy groups -OCH3 is 1. The largest absolute Gasteiger partial charge is 0.497 e. The highest BCUT2D eigenvalue weighted by Gasteiger charge is 2.33. The van der Waals surface area contributed by atoms with Gasteiger partial charge in [-0.15, -0.1) is 0 Å². The van der Waals surface area contributed by atoms with Gasteiger partial charge in [0.15, 0.2) is 0 Å². The van der Waals surface area contributed by atoms with E-state index in [0.29, 0.717) is 5.92 Å². The standard InChI is InChI=1S/C14H21NO/c1-14(2,9-15)12-6-10-4-5-13(16-3)8-11(10)7-12/h4-5,8,12H,6-7,9,15H2,1-3H3. The molecule has 1 aromatic carbocycles. The van der Waals surface area contributed by atoms with Crippen molar-refractivity contribution in [3.8, 4) is 5.75 Å². The fourth-order valence-corrected chi connectivity index (χ4v) is 2.44. The van der Waals surface area contributed by atoms with E-state index in [1.165, 1.54) is 11.1 Å². The molecular formula is C14H21NO. The third kappa shape index (κ3) is 1.94. The van der Waals surface area contributed by atoms with E-state index in [1.54, 1.807) is 7.11 Å². The van der Waals surface area contributed by atoms with Gasteiger partial charge in [-0.05, 0) is 54.0 Å². The third-order valence-electron chi connectivity index (χ3n) is 3.98. The quantitative estimate of drug-likeness (QED) is 0.847. The van der Waals surface area contributed by atoms with Gasteiger partial charge in [-0.2, -0.15) is 0 Å². The molecular weight excluding hydrogens is 198 g/mol. The maximum atomic E-state index is 5.85. The highest BCUT2D eigenvalue weighted by atomic mass is 16.5. The van der Waals surface area contributed by atoms with E-state index in [-0.39, 0.29) is 5.41 Å². The molecule has 88 valence electrons. The Hall–Kier alpha value is -1.02. The number of hydrogen-bond acceptors (Lipinski definition) is 2. The summed E-state index contributed by atoms with van der Waals surface area (Å²) in [6.45, 7) is 5.28. The lowest BCUT2D eigenvalue weighted by Crippen LogP contribution is -2.32. The molecule has 0 fully saturated rings. The zero-order chi connectivity index (χ0) is 11.8. The van der Waals surface area contributed by atoms with Crippen LogP contribution in [0.1, 0.15) is 25.0 Å². The lowest BCUT2D eigenvalue weighted by Gasteiger charge is -2.29. The molecule has 1 unspecified atom stereocenters. The van der Waals surface area contributed by atoms with Crippen LogP contribution in [0.15, 0.2) is 18.2 Å². The Bertz CT molecular complexity index is 384. The summed E-state index contributed by atoms with van der Waals surface area (Å²) in [6.07, 6.45) is 2.29. The summed E-state index contributed by atoms with van der Waals surface area (Å²) < 4.78 is 5.26. The topological polar surface area (TPSA) is 35.2 Å². The molecule has 0 saturated carbocycles. The van der Waals surface area contributed by atoms with E-state index in [1.807, 2.05) is 0 Å². The van der Waals surface area contributed by atoms with Gasteiger partial charge in [0.25, 0.3) is 0 Å². The van der Waals surface area contributed by atoms with E-state index in [2.05, 4.69) is 32.0 Å². The Kier molecular flexibility index (Phi) is 2.94. The first-order valence-corrected chi connectivity index (χ1v) is 5.92. The van der Waals surface area contributed by atoms with Gasteiger partial charge in [-0.25, -0.2) is 0 Å². The number of fused-ring (bicyclic) bond motifs is 1. The molecule has 1 aliphatic rings. The predicted octanol–water partition coefficient (Wildman–Crippen LogP) is 2.39. The van der Waals surface area contributed by atoms with Crippen LogP contribution in [0.3, 0.4) is 0 Å². The summed E-state index contributed by atoms with van der Waals surface area (Å²) in [6, 6.07) is 6.42.